The fourth-order valence-corrected chi connectivity index (χ4v) is 5.19. The van der Waals surface area contributed by atoms with E-state index in [2.05, 4.69) is 63.1 Å². The molecular formula is C33H23BN4O2. The molecule has 0 aliphatic heterocycles. The number of hydrogen-bond acceptors (Lipinski definition) is 5. The molecule has 0 atom stereocenters. The van der Waals surface area contributed by atoms with Crippen LogP contribution in [0.4, 0.5) is 0 Å². The highest BCUT2D eigenvalue weighted by atomic mass is 16.5. The Labute approximate surface area is 231 Å². The first-order chi connectivity index (χ1) is 19.8. The topological polar surface area (TPSA) is 73.1 Å². The zero-order valence-corrected chi connectivity index (χ0v) is 21.5. The minimum absolute atomic E-state index is 0.356. The van der Waals surface area contributed by atoms with E-state index < -0.39 is 0 Å². The molecule has 0 bridgehead atoms. The molecule has 40 heavy (non-hydrogen) atoms. The van der Waals surface area contributed by atoms with Crippen molar-refractivity contribution in [1.29, 1.82) is 0 Å². The van der Waals surface area contributed by atoms with E-state index in [0.717, 1.165) is 61.4 Å². The molecule has 1 N–H and O–H groups in total. The first-order valence-electron chi connectivity index (χ1n) is 13.0. The van der Waals surface area contributed by atoms with Crippen LogP contribution in [0.15, 0.2) is 128 Å². The highest BCUT2D eigenvalue weighted by molar-refractivity contribution is 6.17. The number of fused-ring (bicyclic) bond motifs is 3. The maximum atomic E-state index is 9.23. The smallest absolute Gasteiger partial charge is 0.504 e. The van der Waals surface area contributed by atoms with Gasteiger partial charge >= 0.3 is 7.69 Å². The van der Waals surface area contributed by atoms with E-state index >= 15 is 0 Å². The van der Waals surface area contributed by atoms with Gasteiger partial charge in [-0.1, -0.05) is 42.5 Å². The van der Waals surface area contributed by atoms with E-state index in [9.17, 15) is 5.02 Å². The molecular weight excluding hydrogens is 495 g/mol. The van der Waals surface area contributed by atoms with Crippen LogP contribution >= 0.6 is 0 Å². The Balaban J connectivity index is 1.35. The highest BCUT2D eigenvalue weighted by Crippen LogP contribution is 2.35. The van der Waals surface area contributed by atoms with Crippen molar-refractivity contribution < 1.29 is 9.68 Å². The van der Waals surface area contributed by atoms with E-state index in [1.807, 2.05) is 66.7 Å². The van der Waals surface area contributed by atoms with Crippen molar-refractivity contribution in [3.8, 4) is 45.3 Å². The molecule has 4 heterocycles. The van der Waals surface area contributed by atoms with E-state index in [1.165, 1.54) is 0 Å². The average molecular weight is 518 g/mol. The molecule has 7 aromatic rings. The molecule has 0 amide bonds. The van der Waals surface area contributed by atoms with E-state index in [4.69, 9.17) is 9.64 Å². The third-order valence-corrected chi connectivity index (χ3v) is 7.01. The van der Waals surface area contributed by atoms with Crippen molar-refractivity contribution >= 4 is 29.5 Å². The number of aromatic nitrogens is 4. The quantitative estimate of drug-likeness (QED) is 0.251. The van der Waals surface area contributed by atoms with Crippen molar-refractivity contribution in [2.45, 2.75) is 0 Å². The van der Waals surface area contributed by atoms with Gasteiger partial charge in [0.1, 0.15) is 5.75 Å². The van der Waals surface area contributed by atoms with Crippen LogP contribution in [0, 0.1) is 0 Å². The molecule has 0 saturated heterocycles. The maximum absolute atomic E-state index is 9.23. The van der Waals surface area contributed by atoms with Crippen LogP contribution < -0.4 is 4.65 Å². The summed E-state index contributed by atoms with van der Waals surface area (Å²) < 4.78 is 7.61. The van der Waals surface area contributed by atoms with Crippen molar-refractivity contribution in [2.24, 2.45) is 0 Å². The van der Waals surface area contributed by atoms with Crippen molar-refractivity contribution in [2.75, 3.05) is 0 Å². The fraction of sp³-hybridized carbons (Fsp3) is 0. The summed E-state index contributed by atoms with van der Waals surface area (Å²) in [4.78, 5) is 14.0. The third-order valence-electron chi connectivity index (χ3n) is 7.01. The number of benzene rings is 3. The lowest BCUT2D eigenvalue weighted by Gasteiger charge is -2.12. The fourth-order valence-electron chi connectivity index (χ4n) is 5.19. The number of pyridine rings is 3. The standard InChI is InChI=1S/C33H23BN4O2/c39-34-40-25-15-16-33-27(21-25)26-7-1-2-10-32(26)38(33)24-13-11-22(12-14-24)23-19-30(28-8-3-5-17-35-28)37-31(20-23)29-9-4-6-18-36-29/h1-21,34,39H. The summed E-state index contributed by atoms with van der Waals surface area (Å²) in [6, 6.07) is 38.6. The summed E-state index contributed by atoms with van der Waals surface area (Å²) in [5.41, 5.74) is 8.55. The summed E-state index contributed by atoms with van der Waals surface area (Å²) in [6.45, 7) is 0. The van der Waals surface area contributed by atoms with Gasteiger partial charge in [-0.3, -0.25) is 9.97 Å². The SMILES string of the molecule is OBOc1ccc2c(c1)c1ccccc1n2-c1ccc(-c2cc(-c3ccccn3)nc(-c3ccccn3)c2)cc1. The molecule has 0 aliphatic carbocycles. The molecule has 0 spiro atoms. The summed E-state index contributed by atoms with van der Waals surface area (Å²) in [6.07, 6.45) is 3.56. The van der Waals surface area contributed by atoms with Gasteiger partial charge in [0.2, 0.25) is 0 Å². The van der Waals surface area contributed by atoms with E-state index in [1.54, 1.807) is 12.4 Å². The Hall–Kier alpha value is -5.27. The molecule has 3 aromatic carbocycles. The van der Waals surface area contributed by atoms with E-state index in [-0.39, 0.29) is 7.69 Å². The van der Waals surface area contributed by atoms with Crippen molar-refractivity contribution in [3.05, 3.63) is 128 Å². The normalized spacial score (nSPS) is 11.1. The van der Waals surface area contributed by atoms with Crippen LogP contribution in [0.3, 0.4) is 0 Å². The van der Waals surface area contributed by atoms with Crippen molar-refractivity contribution in [3.63, 3.8) is 0 Å². The lowest BCUT2D eigenvalue weighted by molar-refractivity contribution is 0.454. The lowest BCUT2D eigenvalue weighted by Crippen LogP contribution is -1.99. The minimum atomic E-state index is -0.356. The van der Waals surface area contributed by atoms with Gasteiger partial charge in [-0.25, -0.2) is 4.98 Å². The molecule has 0 fully saturated rings. The van der Waals surface area contributed by atoms with Crippen molar-refractivity contribution in [1.82, 2.24) is 19.5 Å². The third kappa shape index (κ3) is 4.28. The average Bonchev–Trinajstić information content (AvgIpc) is 3.36. The molecule has 0 saturated carbocycles. The molecule has 190 valence electrons. The highest BCUT2D eigenvalue weighted by Gasteiger charge is 2.14. The maximum Gasteiger partial charge on any atom is 0.504 e. The zero-order chi connectivity index (χ0) is 26.9. The summed E-state index contributed by atoms with van der Waals surface area (Å²) >= 11 is 0. The second kappa shape index (κ2) is 10.1. The van der Waals surface area contributed by atoms with Crippen LogP contribution in [0.25, 0.3) is 61.4 Å². The second-order valence-corrected chi connectivity index (χ2v) is 9.41. The van der Waals surface area contributed by atoms with Gasteiger partial charge in [-0.05, 0) is 83.9 Å². The van der Waals surface area contributed by atoms with Crippen LogP contribution in [0.2, 0.25) is 0 Å². The molecule has 6 nitrogen and oxygen atoms in total. The Morgan fingerprint density at radius 1 is 0.575 bits per heavy atom. The number of nitrogens with zero attached hydrogens (tertiary/aromatic N) is 4. The Morgan fingerprint density at radius 3 is 1.88 bits per heavy atom. The zero-order valence-electron chi connectivity index (χ0n) is 21.5. The van der Waals surface area contributed by atoms with Gasteiger partial charge in [-0.2, -0.15) is 0 Å². The largest absolute Gasteiger partial charge is 0.539 e. The number of para-hydroxylation sites is 1. The Morgan fingerprint density at radius 2 is 1.23 bits per heavy atom. The first-order valence-corrected chi connectivity index (χ1v) is 13.0. The summed E-state index contributed by atoms with van der Waals surface area (Å²) in [5, 5.41) is 11.4. The summed E-state index contributed by atoms with van der Waals surface area (Å²) in [7, 11) is -0.356. The molecule has 0 aliphatic rings. The molecule has 7 heteroatoms. The van der Waals surface area contributed by atoms with Crippen LogP contribution in [-0.2, 0) is 0 Å². The van der Waals surface area contributed by atoms with Gasteiger partial charge in [0.15, 0.2) is 0 Å². The predicted molar refractivity (Wildman–Crippen MR) is 160 cm³/mol. The first kappa shape index (κ1) is 23.8. The van der Waals surface area contributed by atoms with Gasteiger partial charge < -0.3 is 14.2 Å². The monoisotopic (exact) mass is 518 g/mol. The molecule has 0 unspecified atom stereocenters. The Bertz CT molecular complexity index is 1900. The van der Waals surface area contributed by atoms with E-state index in [0.29, 0.717) is 5.75 Å². The molecule has 7 rings (SSSR count). The van der Waals surface area contributed by atoms with Gasteiger partial charge in [-0.15, -0.1) is 0 Å². The van der Waals surface area contributed by atoms with Crippen LogP contribution in [0.5, 0.6) is 5.75 Å². The number of hydrogen-bond donors (Lipinski definition) is 1. The summed E-state index contributed by atoms with van der Waals surface area (Å²) in [5.74, 6) is 0.637. The van der Waals surface area contributed by atoms with Gasteiger partial charge in [0.25, 0.3) is 0 Å². The predicted octanol–water partition coefficient (Wildman–Crippen LogP) is 6.61. The van der Waals surface area contributed by atoms with Gasteiger partial charge in [0, 0.05) is 28.9 Å². The van der Waals surface area contributed by atoms with Gasteiger partial charge in [0.05, 0.1) is 33.8 Å². The Kier molecular flexibility index (Phi) is 6.03. The lowest BCUT2D eigenvalue weighted by atomic mass is 10.0. The molecule has 4 aromatic heterocycles. The minimum Gasteiger partial charge on any atom is -0.539 e. The van der Waals surface area contributed by atoms with Crippen LogP contribution in [0.1, 0.15) is 0 Å². The second-order valence-electron chi connectivity index (χ2n) is 9.41. The molecule has 0 radical (unpaired) electrons. The van der Waals surface area contributed by atoms with Crippen LogP contribution in [-0.4, -0.2) is 32.2 Å². The number of rotatable bonds is 6.